The van der Waals surface area contributed by atoms with E-state index in [1.54, 1.807) is 7.11 Å². The second kappa shape index (κ2) is 5.73. The fraction of sp³-hybridized carbons (Fsp3) is 0.455. The van der Waals surface area contributed by atoms with E-state index in [0.29, 0.717) is 16.7 Å². The number of anilines is 1. The average Bonchev–Trinajstić information content (AvgIpc) is 2.25. The molecular formula is C11H13BrF3NO. The summed E-state index contributed by atoms with van der Waals surface area (Å²) in [4.78, 5) is 0. The highest BCUT2D eigenvalue weighted by Gasteiger charge is 2.30. The van der Waals surface area contributed by atoms with Gasteiger partial charge in [0.1, 0.15) is 0 Å². The Balaban J connectivity index is 2.77. The van der Waals surface area contributed by atoms with Gasteiger partial charge in [0.05, 0.1) is 11.7 Å². The van der Waals surface area contributed by atoms with E-state index in [4.69, 9.17) is 4.74 Å². The minimum absolute atomic E-state index is 0.0100. The van der Waals surface area contributed by atoms with Crippen molar-refractivity contribution in [2.45, 2.75) is 19.2 Å². The van der Waals surface area contributed by atoms with Crippen LogP contribution in [0.25, 0.3) is 0 Å². The Morgan fingerprint density at radius 1 is 1.41 bits per heavy atom. The summed E-state index contributed by atoms with van der Waals surface area (Å²) in [6, 6.07) is 3.50. The molecule has 0 saturated carbocycles. The highest BCUT2D eigenvalue weighted by Crippen LogP contribution is 2.33. The molecule has 0 spiro atoms. The van der Waals surface area contributed by atoms with Crippen LogP contribution in [0, 0.1) is 0 Å². The van der Waals surface area contributed by atoms with Gasteiger partial charge in [-0.25, -0.2) is 0 Å². The number of alkyl halides is 3. The monoisotopic (exact) mass is 311 g/mol. The Bertz CT molecular complexity index is 381. The van der Waals surface area contributed by atoms with Gasteiger partial charge in [0.25, 0.3) is 0 Å². The third-order valence-electron chi connectivity index (χ3n) is 2.28. The lowest BCUT2D eigenvalue weighted by molar-refractivity contribution is -0.137. The number of hydrogen-bond donors (Lipinski definition) is 1. The van der Waals surface area contributed by atoms with Crippen LogP contribution < -0.4 is 5.32 Å². The molecule has 1 atom stereocenters. The van der Waals surface area contributed by atoms with Crippen molar-refractivity contribution < 1.29 is 17.9 Å². The van der Waals surface area contributed by atoms with E-state index in [1.165, 1.54) is 6.07 Å². The fourth-order valence-corrected chi connectivity index (χ4v) is 1.69. The molecule has 0 radical (unpaired) electrons. The van der Waals surface area contributed by atoms with E-state index >= 15 is 0 Å². The van der Waals surface area contributed by atoms with Crippen molar-refractivity contribution in [1.29, 1.82) is 0 Å². The zero-order valence-electron chi connectivity index (χ0n) is 9.44. The number of methoxy groups -OCH3 is 1. The van der Waals surface area contributed by atoms with Gasteiger partial charge in [0, 0.05) is 23.8 Å². The van der Waals surface area contributed by atoms with Crippen molar-refractivity contribution in [2.75, 3.05) is 19.0 Å². The molecule has 1 unspecified atom stereocenters. The second-order valence-corrected chi connectivity index (χ2v) is 4.47. The summed E-state index contributed by atoms with van der Waals surface area (Å²) in [5, 5.41) is 3.00. The summed E-state index contributed by atoms with van der Waals surface area (Å²) < 4.78 is 42.6. The maximum atomic E-state index is 12.4. The quantitative estimate of drug-likeness (QED) is 0.910. The molecule has 0 aliphatic heterocycles. The molecule has 17 heavy (non-hydrogen) atoms. The molecule has 0 fully saturated rings. The molecule has 1 aromatic carbocycles. The SMILES string of the molecule is COC(C)CNc1ccc(C(F)(F)F)cc1Br. The number of ether oxygens (including phenoxy) is 1. The van der Waals surface area contributed by atoms with Crippen LogP contribution in [-0.4, -0.2) is 19.8 Å². The van der Waals surface area contributed by atoms with Crippen LogP contribution in [0.3, 0.4) is 0 Å². The second-order valence-electron chi connectivity index (χ2n) is 3.62. The topological polar surface area (TPSA) is 21.3 Å². The molecule has 0 bridgehead atoms. The van der Waals surface area contributed by atoms with E-state index in [2.05, 4.69) is 21.2 Å². The summed E-state index contributed by atoms with van der Waals surface area (Å²) in [6.07, 6.45) is -4.33. The van der Waals surface area contributed by atoms with Gasteiger partial charge in [0.15, 0.2) is 0 Å². The van der Waals surface area contributed by atoms with Crippen LogP contribution in [0.2, 0.25) is 0 Å². The Labute approximate surface area is 106 Å². The maximum absolute atomic E-state index is 12.4. The molecule has 1 aromatic rings. The predicted molar refractivity (Wildman–Crippen MR) is 64.1 cm³/mol. The maximum Gasteiger partial charge on any atom is 0.416 e. The van der Waals surface area contributed by atoms with Gasteiger partial charge >= 0.3 is 6.18 Å². The number of halogens is 4. The molecule has 2 nitrogen and oxygen atoms in total. The van der Waals surface area contributed by atoms with Crippen molar-refractivity contribution in [1.82, 2.24) is 0 Å². The largest absolute Gasteiger partial charge is 0.416 e. The highest BCUT2D eigenvalue weighted by molar-refractivity contribution is 9.10. The van der Waals surface area contributed by atoms with Gasteiger partial charge in [-0.15, -0.1) is 0 Å². The van der Waals surface area contributed by atoms with E-state index in [-0.39, 0.29) is 6.10 Å². The van der Waals surface area contributed by atoms with Crippen LogP contribution in [-0.2, 0) is 10.9 Å². The molecule has 96 valence electrons. The summed E-state index contributed by atoms with van der Waals surface area (Å²) >= 11 is 3.11. The smallest absolute Gasteiger partial charge is 0.382 e. The molecule has 6 heteroatoms. The molecule has 0 heterocycles. The van der Waals surface area contributed by atoms with E-state index in [9.17, 15) is 13.2 Å². The first kappa shape index (κ1) is 14.3. The summed E-state index contributed by atoms with van der Waals surface area (Å²) in [7, 11) is 1.58. The third-order valence-corrected chi connectivity index (χ3v) is 2.93. The lowest BCUT2D eigenvalue weighted by Crippen LogP contribution is -2.18. The van der Waals surface area contributed by atoms with E-state index < -0.39 is 11.7 Å². The summed E-state index contributed by atoms with van der Waals surface area (Å²) in [5.74, 6) is 0. The van der Waals surface area contributed by atoms with Crippen molar-refractivity contribution in [3.63, 3.8) is 0 Å². The van der Waals surface area contributed by atoms with E-state index in [0.717, 1.165) is 12.1 Å². The van der Waals surface area contributed by atoms with Gasteiger partial charge in [-0.3, -0.25) is 0 Å². The number of benzene rings is 1. The first-order chi connectivity index (χ1) is 7.84. The van der Waals surface area contributed by atoms with Crippen LogP contribution in [0.5, 0.6) is 0 Å². The van der Waals surface area contributed by atoms with Gasteiger partial charge in [-0.05, 0) is 41.1 Å². The molecular weight excluding hydrogens is 299 g/mol. The predicted octanol–water partition coefficient (Wildman–Crippen LogP) is 3.91. The van der Waals surface area contributed by atoms with Gasteiger partial charge in [-0.2, -0.15) is 13.2 Å². The third kappa shape index (κ3) is 4.20. The van der Waals surface area contributed by atoms with Gasteiger partial charge < -0.3 is 10.1 Å². The highest BCUT2D eigenvalue weighted by atomic mass is 79.9. The first-order valence-electron chi connectivity index (χ1n) is 4.98. The Hall–Kier alpha value is -0.750. The fourth-order valence-electron chi connectivity index (χ4n) is 1.17. The van der Waals surface area contributed by atoms with Gasteiger partial charge in [0.2, 0.25) is 0 Å². The molecule has 0 amide bonds. The van der Waals surface area contributed by atoms with Crippen LogP contribution >= 0.6 is 15.9 Å². The normalized spacial score (nSPS) is 13.5. The number of hydrogen-bond acceptors (Lipinski definition) is 2. The molecule has 0 aliphatic carbocycles. The van der Waals surface area contributed by atoms with E-state index in [1.807, 2.05) is 6.92 Å². The number of nitrogens with one attached hydrogen (secondary N) is 1. The molecule has 1 N–H and O–H groups in total. The summed E-state index contributed by atoms with van der Waals surface area (Å²) in [6.45, 7) is 2.39. The zero-order chi connectivity index (χ0) is 13.1. The molecule has 1 rings (SSSR count). The van der Waals surface area contributed by atoms with Crippen molar-refractivity contribution >= 4 is 21.6 Å². The van der Waals surface area contributed by atoms with Gasteiger partial charge in [-0.1, -0.05) is 0 Å². The minimum Gasteiger partial charge on any atom is -0.382 e. The molecule has 0 aliphatic rings. The van der Waals surface area contributed by atoms with Crippen LogP contribution in [0.15, 0.2) is 22.7 Å². The average molecular weight is 312 g/mol. The van der Waals surface area contributed by atoms with Crippen LogP contribution in [0.4, 0.5) is 18.9 Å². The zero-order valence-corrected chi connectivity index (χ0v) is 11.0. The number of rotatable bonds is 4. The Morgan fingerprint density at radius 3 is 2.53 bits per heavy atom. The van der Waals surface area contributed by atoms with Crippen molar-refractivity contribution in [2.24, 2.45) is 0 Å². The standard InChI is InChI=1S/C11H13BrF3NO/c1-7(17-2)6-16-10-4-3-8(5-9(10)12)11(13,14)15/h3-5,7,16H,6H2,1-2H3. The minimum atomic E-state index is -4.32. The Morgan fingerprint density at radius 2 is 2.06 bits per heavy atom. The summed E-state index contributed by atoms with van der Waals surface area (Å²) in [5.41, 5.74) is -0.0587. The van der Waals surface area contributed by atoms with Crippen LogP contribution in [0.1, 0.15) is 12.5 Å². The van der Waals surface area contributed by atoms with Crippen molar-refractivity contribution in [3.8, 4) is 0 Å². The van der Waals surface area contributed by atoms with Crippen molar-refractivity contribution in [3.05, 3.63) is 28.2 Å². The first-order valence-corrected chi connectivity index (χ1v) is 5.77. The lowest BCUT2D eigenvalue weighted by atomic mass is 10.2. The Kier molecular flexibility index (Phi) is 4.82. The lowest BCUT2D eigenvalue weighted by Gasteiger charge is -2.14. The molecule has 0 aromatic heterocycles. The molecule has 0 saturated heterocycles.